The van der Waals surface area contributed by atoms with Crippen molar-refractivity contribution in [3.63, 3.8) is 0 Å². The minimum Gasteiger partial charge on any atom is -0.308 e. The van der Waals surface area contributed by atoms with Gasteiger partial charge < -0.3 is 5.32 Å². The standard InChI is InChI=1S/C15H26N2S/c1-12(2)10-15(6-4-5-7-15)11-17-13(3)14-16-8-9-18-14/h8-9,12-13,17H,4-7,10-11H2,1-3H3. The lowest BCUT2D eigenvalue weighted by atomic mass is 9.78. The minimum atomic E-state index is 0.398. The maximum Gasteiger partial charge on any atom is 0.109 e. The predicted molar refractivity (Wildman–Crippen MR) is 78.9 cm³/mol. The summed E-state index contributed by atoms with van der Waals surface area (Å²) in [4.78, 5) is 4.40. The molecule has 0 bridgehead atoms. The number of hydrogen-bond donors (Lipinski definition) is 1. The van der Waals surface area contributed by atoms with Crippen molar-refractivity contribution in [1.82, 2.24) is 10.3 Å². The van der Waals surface area contributed by atoms with Gasteiger partial charge in [0, 0.05) is 18.1 Å². The highest BCUT2D eigenvalue weighted by atomic mass is 32.1. The lowest BCUT2D eigenvalue weighted by Gasteiger charge is -2.32. The molecule has 1 aromatic rings. The van der Waals surface area contributed by atoms with Crippen molar-refractivity contribution in [1.29, 1.82) is 0 Å². The van der Waals surface area contributed by atoms with Crippen LogP contribution in [0.3, 0.4) is 0 Å². The molecule has 1 fully saturated rings. The summed E-state index contributed by atoms with van der Waals surface area (Å²) in [5, 5.41) is 7.00. The van der Waals surface area contributed by atoms with Gasteiger partial charge in [-0.3, -0.25) is 0 Å². The van der Waals surface area contributed by atoms with Crippen molar-refractivity contribution in [3.8, 4) is 0 Å². The lowest BCUT2D eigenvalue weighted by Crippen LogP contribution is -2.34. The third kappa shape index (κ3) is 3.55. The van der Waals surface area contributed by atoms with Crippen molar-refractivity contribution in [3.05, 3.63) is 16.6 Å². The Labute approximate surface area is 115 Å². The van der Waals surface area contributed by atoms with Crippen LogP contribution in [0.2, 0.25) is 0 Å². The second kappa shape index (κ2) is 6.16. The van der Waals surface area contributed by atoms with E-state index < -0.39 is 0 Å². The molecule has 3 heteroatoms. The average molecular weight is 266 g/mol. The number of rotatable bonds is 6. The topological polar surface area (TPSA) is 24.9 Å². The maximum atomic E-state index is 4.40. The number of nitrogens with zero attached hydrogens (tertiary/aromatic N) is 1. The van der Waals surface area contributed by atoms with Crippen molar-refractivity contribution in [2.24, 2.45) is 11.3 Å². The van der Waals surface area contributed by atoms with Crippen LogP contribution in [0.15, 0.2) is 11.6 Å². The maximum absolute atomic E-state index is 4.40. The highest BCUT2D eigenvalue weighted by Crippen LogP contribution is 2.43. The van der Waals surface area contributed by atoms with Crippen LogP contribution in [-0.4, -0.2) is 11.5 Å². The van der Waals surface area contributed by atoms with E-state index in [9.17, 15) is 0 Å². The number of hydrogen-bond acceptors (Lipinski definition) is 3. The number of aromatic nitrogens is 1. The van der Waals surface area contributed by atoms with E-state index in [0.717, 1.165) is 12.5 Å². The first-order valence-corrected chi connectivity index (χ1v) is 8.12. The molecule has 0 radical (unpaired) electrons. The van der Waals surface area contributed by atoms with E-state index in [-0.39, 0.29) is 0 Å². The Kier molecular flexibility index (Phi) is 4.79. The largest absolute Gasteiger partial charge is 0.308 e. The van der Waals surface area contributed by atoms with Gasteiger partial charge in [0.15, 0.2) is 0 Å². The van der Waals surface area contributed by atoms with Crippen LogP contribution in [-0.2, 0) is 0 Å². The second-order valence-electron chi connectivity index (χ2n) is 6.28. The van der Waals surface area contributed by atoms with E-state index in [1.54, 1.807) is 11.3 Å². The van der Waals surface area contributed by atoms with Gasteiger partial charge in [-0.25, -0.2) is 4.98 Å². The molecule has 0 aliphatic heterocycles. The fraction of sp³-hybridized carbons (Fsp3) is 0.800. The fourth-order valence-electron chi connectivity index (χ4n) is 3.35. The molecule has 1 aromatic heterocycles. The first-order chi connectivity index (χ1) is 8.61. The zero-order valence-electron chi connectivity index (χ0n) is 11.9. The van der Waals surface area contributed by atoms with E-state index in [4.69, 9.17) is 0 Å². The summed E-state index contributed by atoms with van der Waals surface area (Å²) in [6.45, 7) is 8.09. The smallest absolute Gasteiger partial charge is 0.109 e. The van der Waals surface area contributed by atoms with Gasteiger partial charge in [0.05, 0.1) is 6.04 Å². The summed E-state index contributed by atoms with van der Waals surface area (Å²) in [5.74, 6) is 0.806. The Morgan fingerprint density at radius 1 is 1.33 bits per heavy atom. The van der Waals surface area contributed by atoms with E-state index in [1.165, 1.54) is 37.1 Å². The van der Waals surface area contributed by atoms with Crippen molar-refractivity contribution in [2.75, 3.05) is 6.54 Å². The Hall–Kier alpha value is -0.410. The zero-order valence-corrected chi connectivity index (χ0v) is 12.7. The number of nitrogens with one attached hydrogen (secondary N) is 1. The quantitative estimate of drug-likeness (QED) is 0.825. The van der Waals surface area contributed by atoms with Gasteiger partial charge in [-0.2, -0.15) is 0 Å². The van der Waals surface area contributed by atoms with Crippen LogP contribution in [0, 0.1) is 11.3 Å². The van der Waals surface area contributed by atoms with Crippen LogP contribution in [0.25, 0.3) is 0 Å². The summed E-state index contributed by atoms with van der Waals surface area (Å²) in [6, 6.07) is 0.398. The highest BCUT2D eigenvalue weighted by Gasteiger charge is 2.34. The van der Waals surface area contributed by atoms with Gasteiger partial charge in [0.1, 0.15) is 5.01 Å². The van der Waals surface area contributed by atoms with Gasteiger partial charge in [0.2, 0.25) is 0 Å². The molecule has 1 heterocycles. The van der Waals surface area contributed by atoms with Gasteiger partial charge in [-0.15, -0.1) is 11.3 Å². The van der Waals surface area contributed by atoms with Crippen LogP contribution >= 0.6 is 11.3 Å². The minimum absolute atomic E-state index is 0.398. The monoisotopic (exact) mass is 266 g/mol. The molecule has 1 saturated carbocycles. The van der Waals surface area contributed by atoms with Crippen molar-refractivity contribution in [2.45, 2.75) is 58.9 Å². The molecule has 1 atom stereocenters. The summed E-state index contributed by atoms with van der Waals surface area (Å²) < 4.78 is 0. The molecule has 2 nitrogen and oxygen atoms in total. The normalized spacial score (nSPS) is 20.4. The van der Waals surface area contributed by atoms with Crippen LogP contribution in [0.1, 0.15) is 63.9 Å². The molecule has 102 valence electrons. The molecule has 0 amide bonds. The molecule has 1 aliphatic rings. The van der Waals surface area contributed by atoms with Crippen LogP contribution in [0.4, 0.5) is 0 Å². The first kappa shape index (κ1) is 14.0. The van der Waals surface area contributed by atoms with Gasteiger partial charge in [-0.05, 0) is 37.5 Å². The molecule has 0 aromatic carbocycles. The Morgan fingerprint density at radius 2 is 2.06 bits per heavy atom. The summed E-state index contributed by atoms with van der Waals surface area (Å²) >= 11 is 1.75. The Balaban J connectivity index is 1.90. The number of thiazole rings is 1. The van der Waals surface area contributed by atoms with Crippen molar-refractivity contribution >= 4 is 11.3 Å². The third-order valence-electron chi connectivity index (χ3n) is 4.11. The second-order valence-corrected chi connectivity index (χ2v) is 7.20. The SMILES string of the molecule is CC(C)CC1(CNC(C)c2nccs2)CCCC1. The highest BCUT2D eigenvalue weighted by molar-refractivity contribution is 7.09. The Morgan fingerprint density at radius 3 is 2.61 bits per heavy atom. The first-order valence-electron chi connectivity index (χ1n) is 7.24. The van der Waals surface area contributed by atoms with E-state index in [2.05, 4.69) is 36.5 Å². The van der Waals surface area contributed by atoms with E-state index in [0.29, 0.717) is 11.5 Å². The van der Waals surface area contributed by atoms with Gasteiger partial charge in [-0.1, -0.05) is 26.7 Å². The predicted octanol–water partition coefficient (Wildman–Crippen LogP) is 4.40. The van der Waals surface area contributed by atoms with E-state index >= 15 is 0 Å². The molecule has 1 N–H and O–H groups in total. The van der Waals surface area contributed by atoms with Gasteiger partial charge >= 0.3 is 0 Å². The molecule has 1 aliphatic carbocycles. The lowest BCUT2D eigenvalue weighted by molar-refractivity contribution is 0.217. The summed E-state index contributed by atoms with van der Waals surface area (Å²) in [5.41, 5.74) is 0.555. The molecule has 1 unspecified atom stereocenters. The van der Waals surface area contributed by atoms with Gasteiger partial charge in [0.25, 0.3) is 0 Å². The summed E-state index contributed by atoms with van der Waals surface area (Å²) in [6.07, 6.45) is 8.91. The molecule has 0 saturated heterocycles. The van der Waals surface area contributed by atoms with E-state index in [1.807, 2.05) is 6.20 Å². The molecule has 2 rings (SSSR count). The average Bonchev–Trinajstić information content (AvgIpc) is 2.96. The summed E-state index contributed by atoms with van der Waals surface area (Å²) in [7, 11) is 0. The fourth-order valence-corrected chi connectivity index (χ4v) is 4.02. The third-order valence-corrected chi connectivity index (χ3v) is 5.07. The molecular weight excluding hydrogens is 240 g/mol. The molecule has 0 spiro atoms. The van der Waals surface area contributed by atoms with Crippen LogP contribution in [0.5, 0.6) is 0 Å². The van der Waals surface area contributed by atoms with Crippen molar-refractivity contribution < 1.29 is 0 Å². The zero-order chi connectivity index (χ0) is 13.0. The Bertz CT molecular complexity index is 339. The molecular formula is C15H26N2S. The van der Waals surface area contributed by atoms with Crippen LogP contribution < -0.4 is 5.32 Å². The molecule has 18 heavy (non-hydrogen) atoms.